The highest BCUT2D eigenvalue weighted by molar-refractivity contribution is 5.22. The predicted molar refractivity (Wildman–Crippen MR) is 55.0 cm³/mol. The van der Waals surface area contributed by atoms with E-state index in [-0.39, 0.29) is 0 Å². The SMILES string of the molecule is C=CC=CC1=CCCC=CCC1. The topological polar surface area (TPSA) is 0 Å². The fourth-order valence-corrected chi connectivity index (χ4v) is 1.30. The van der Waals surface area contributed by atoms with Gasteiger partial charge >= 0.3 is 0 Å². The van der Waals surface area contributed by atoms with Gasteiger partial charge in [-0.2, -0.15) is 0 Å². The molecule has 1 aliphatic carbocycles. The van der Waals surface area contributed by atoms with Gasteiger partial charge in [-0.05, 0) is 25.7 Å². The Morgan fingerprint density at radius 3 is 2.83 bits per heavy atom. The van der Waals surface area contributed by atoms with E-state index >= 15 is 0 Å². The van der Waals surface area contributed by atoms with Gasteiger partial charge in [-0.15, -0.1) is 0 Å². The molecule has 0 amide bonds. The Hall–Kier alpha value is -1.04. The largest absolute Gasteiger partial charge is 0.0991 e. The van der Waals surface area contributed by atoms with E-state index in [1.165, 1.54) is 31.3 Å². The van der Waals surface area contributed by atoms with E-state index in [2.05, 4.69) is 30.9 Å². The first-order valence-electron chi connectivity index (χ1n) is 4.56. The summed E-state index contributed by atoms with van der Waals surface area (Å²) in [5, 5.41) is 0. The van der Waals surface area contributed by atoms with Crippen LogP contribution in [0.25, 0.3) is 0 Å². The molecule has 0 bridgehead atoms. The van der Waals surface area contributed by atoms with Crippen LogP contribution in [-0.2, 0) is 0 Å². The first-order valence-corrected chi connectivity index (χ1v) is 4.56. The fourth-order valence-electron chi connectivity index (χ4n) is 1.30. The van der Waals surface area contributed by atoms with Gasteiger partial charge in [0.05, 0.1) is 0 Å². The molecule has 64 valence electrons. The zero-order valence-electron chi connectivity index (χ0n) is 7.50. The van der Waals surface area contributed by atoms with Gasteiger partial charge in [0.1, 0.15) is 0 Å². The molecule has 0 fully saturated rings. The summed E-state index contributed by atoms with van der Waals surface area (Å²) in [5.41, 5.74) is 1.44. The average Bonchev–Trinajstić information content (AvgIpc) is 2.02. The van der Waals surface area contributed by atoms with Crippen molar-refractivity contribution in [2.24, 2.45) is 0 Å². The van der Waals surface area contributed by atoms with E-state index in [9.17, 15) is 0 Å². The van der Waals surface area contributed by atoms with Gasteiger partial charge in [-0.3, -0.25) is 0 Å². The molecule has 1 aliphatic rings. The molecule has 0 saturated heterocycles. The molecular formula is C12H16. The minimum atomic E-state index is 1.17. The molecule has 0 saturated carbocycles. The first-order chi connectivity index (χ1) is 5.93. The lowest BCUT2D eigenvalue weighted by molar-refractivity contribution is 0.931. The van der Waals surface area contributed by atoms with Crippen molar-refractivity contribution in [3.05, 3.63) is 48.6 Å². The summed E-state index contributed by atoms with van der Waals surface area (Å²) < 4.78 is 0. The lowest BCUT2D eigenvalue weighted by Gasteiger charge is -2.02. The molecule has 0 radical (unpaired) electrons. The van der Waals surface area contributed by atoms with Crippen LogP contribution in [0.2, 0.25) is 0 Å². The Morgan fingerprint density at radius 2 is 2.00 bits per heavy atom. The van der Waals surface area contributed by atoms with Crippen LogP contribution in [0.4, 0.5) is 0 Å². The summed E-state index contributed by atoms with van der Waals surface area (Å²) in [4.78, 5) is 0. The van der Waals surface area contributed by atoms with Crippen molar-refractivity contribution in [1.29, 1.82) is 0 Å². The van der Waals surface area contributed by atoms with Gasteiger partial charge in [0, 0.05) is 0 Å². The standard InChI is InChI=1S/C12H16/c1-2-3-9-12-10-7-5-4-6-8-11-12/h2-5,9,11H,1,6-8,10H2. The molecule has 0 aromatic rings. The van der Waals surface area contributed by atoms with Crippen molar-refractivity contribution in [2.45, 2.75) is 25.7 Å². The minimum Gasteiger partial charge on any atom is -0.0991 e. The summed E-state index contributed by atoms with van der Waals surface area (Å²) in [6.07, 6.45) is 17.6. The number of rotatable bonds is 2. The van der Waals surface area contributed by atoms with Crippen molar-refractivity contribution < 1.29 is 0 Å². The van der Waals surface area contributed by atoms with Crippen LogP contribution in [0.1, 0.15) is 25.7 Å². The molecule has 0 heterocycles. The molecule has 0 spiro atoms. The normalized spacial score (nSPS) is 18.5. The summed E-state index contributed by atoms with van der Waals surface area (Å²) >= 11 is 0. The zero-order chi connectivity index (χ0) is 8.65. The third-order valence-electron chi connectivity index (χ3n) is 1.95. The number of hydrogen-bond donors (Lipinski definition) is 0. The van der Waals surface area contributed by atoms with Crippen LogP contribution in [0.3, 0.4) is 0 Å². The molecule has 0 heteroatoms. The van der Waals surface area contributed by atoms with Crippen molar-refractivity contribution in [2.75, 3.05) is 0 Å². The molecule has 0 nitrogen and oxygen atoms in total. The van der Waals surface area contributed by atoms with E-state index in [1.807, 2.05) is 12.2 Å². The molecule has 0 N–H and O–H groups in total. The van der Waals surface area contributed by atoms with Gasteiger partial charge < -0.3 is 0 Å². The van der Waals surface area contributed by atoms with Gasteiger partial charge in [-0.1, -0.05) is 48.6 Å². The van der Waals surface area contributed by atoms with Gasteiger partial charge in [0.25, 0.3) is 0 Å². The average molecular weight is 160 g/mol. The number of allylic oxidation sites excluding steroid dienone is 7. The highest BCUT2D eigenvalue weighted by Gasteiger charge is 1.93. The summed E-state index contributed by atoms with van der Waals surface area (Å²) in [6.45, 7) is 3.66. The molecule has 0 aromatic heterocycles. The van der Waals surface area contributed by atoms with Crippen molar-refractivity contribution in [3.63, 3.8) is 0 Å². The van der Waals surface area contributed by atoms with E-state index in [0.29, 0.717) is 0 Å². The van der Waals surface area contributed by atoms with Crippen molar-refractivity contribution >= 4 is 0 Å². The number of hydrogen-bond acceptors (Lipinski definition) is 0. The molecule has 0 unspecified atom stereocenters. The van der Waals surface area contributed by atoms with E-state index in [1.54, 1.807) is 0 Å². The van der Waals surface area contributed by atoms with Crippen molar-refractivity contribution in [1.82, 2.24) is 0 Å². The summed E-state index contributed by atoms with van der Waals surface area (Å²) in [5.74, 6) is 0. The molecule has 0 aromatic carbocycles. The quantitative estimate of drug-likeness (QED) is 0.426. The maximum atomic E-state index is 3.66. The van der Waals surface area contributed by atoms with Gasteiger partial charge in [0.2, 0.25) is 0 Å². The van der Waals surface area contributed by atoms with E-state index in [4.69, 9.17) is 0 Å². The lowest BCUT2D eigenvalue weighted by Crippen LogP contribution is -1.82. The van der Waals surface area contributed by atoms with Gasteiger partial charge in [-0.25, -0.2) is 0 Å². The maximum absolute atomic E-state index is 3.66. The first kappa shape index (κ1) is 9.05. The minimum absolute atomic E-state index is 1.17. The second kappa shape index (κ2) is 5.59. The second-order valence-electron chi connectivity index (χ2n) is 2.96. The summed E-state index contributed by atoms with van der Waals surface area (Å²) in [7, 11) is 0. The fraction of sp³-hybridized carbons (Fsp3) is 0.333. The zero-order valence-corrected chi connectivity index (χ0v) is 7.50. The predicted octanol–water partition coefficient (Wildman–Crippen LogP) is 3.79. The highest BCUT2D eigenvalue weighted by Crippen LogP contribution is 2.13. The van der Waals surface area contributed by atoms with Crippen LogP contribution in [-0.4, -0.2) is 0 Å². The second-order valence-corrected chi connectivity index (χ2v) is 2.96. The van der Waals surface area contributed by atoms with Crippen molar-refractivity contribution in [3.8, 4) is 0 Å². The van der Waals surface area contributed by atoms with Crippen LogP contribution in [0.5, 0.6) is 0 Å². The third-order valence-corrected chi connectivity index (χ3v) is 1.95. The monoisotopic (exact) mass is 160 g/mol. The maximum Gasteiger partial charge on any atom is -0.0247 e. The third kappa shape index (κ3) is 3.38. The lowest BCUT2D eigenvalue weighted by atomic mass is 10.0. The van der Waals surface area contributed by atoms with E-state index < -0.39 is 0 Å². The Morgan fingerprint density at radius 1 is 1.17 bits per heavy atom. The molecule has 12 heavy (non-hydrogen) atoms. The Balaban J connectivity index is 2.50. The molecule has 1 rings (SSSR count). The summed E-state index contributed by atoms with van der Waals surface area (Å²) in [6, 6.07) is 0. The van der Waals surface area contributed by atoms with Crippen LogP contribution < -0.4 is 0 Å². The highest BCUT2D eigenvalue weighted by atomic mass is 14.0. The van der Waals surface area contributed by atoms with E-state index in [0.717, 1.165) is 0 Å². The Kier molecular flexibility index (Phi) is 4.22. The molecule has 0 aliphatic heterocycles. The van der Waals surface area contributed by atoms with Crippen LogP contribution in [0, 0.1) is 0 Å². The van der Waals surface area contributed by atoms with Crippen LogP contribution >= 0.6 is 0 Å². The smallest absolute Gasteiger partial charge is 0.0247 e. The molecule has 0 atom stereocenters. The molecular weight excluding hydrogens is 144 g/mol. The Labute approximate surface area is 75.0 Å². The van der Waals surface area contributed by atoms with Gasteiger partial charge in [0.15, 0.2) is 0 Å². The Bertz CT molecular complexity index is 216. The van der Waals surface area contributed by atoms with Crippen LogP contribution in [0.15, 0.2) is 48.6 Å².